The van der Waals surface area contributed by atoms with Gasteiger partial charge >= 0.3 is 0 Å². The van der Waals surface area contributed by atoms with E-state index in [1.807, 2.05) is 12.1 Å². The number of methoxy groups -OCH3 is 1. The maximum absolute atomic E-state index is 6.00. The van der Waals surface area contributed by atoms with Crippen molar-refractivity contribution in [3.05, 3.63) is 28.5 Å². The molecule has 1 aromatic carbocycles. The van der Waals surface area contributed by atoms with Gasteiger partial charge < -0.3 is 9.30 Å². The molecule has 1 unspecified atom stereocenters. The summed E-state index contributed by atoms with van der Waals surface area (Å²) in [6.07, 6.45) is 0.943. The summed E-state index contributed by atoms with van der Waals surface area (Å²) < 4.78 is 8.40. The van der Waals surface area contributed by atoms with Crippen LogP contribution in [0.4, 0.5) is 0 Å². The Balaban J connectivity index is 2.48. The number of alkyl halides is 1. The van der Waals surface area contributed by atoms with Gasteiger partial charge in [-0.05, 0) is 31.5 Å². The molecule has 0 bridgehead atoms. The van der Waals surface area contributed by atoms with Crippen LogP contribution in [0.5, 0.6) is 0 Å². The Morgan fingerprint density at radius 1 is 1.50 bits per heavy atom. The molecule has 2 aromatic rings. The lowest BCUT2D eigenvalue weighted by Gasteiger charge is -2.16. The first-order valence-electron chi connectivity index (χ1n) is 5.88. The second-order valence-corrected chi connectivity index (χ2v) is 5.48. The average molecular weight is 332 g/mol. The maximum atomic E-state index is 6.00. The van der Waals surface area contributed by atoms with Crippen molar-refractivity contribution in [3.8, 4) is 0 Å². The highest BCUT2D eigenvalue weighted by Gasteiger charge is 2.15. The van der Waals surface area contributed by atoms with Crippen molar-refractivity contribution < 1.29 is 4.74 Å². The van der Waals surface area contributed by atoms with Gasteiger partial charge in [-0.15, -0.1) is 11.6 Å². The first-order valence-corrected chi connectivity index (χ1v) is 7.21. The molecule has 0 aliphatic heterocycles. The fourth-order valence-electron chi connectivity index (χ4n) is 2.12. The van der Waals surface area contributed by atoms with Gasteiger partial charge in [0.05, 0.1) is 16.9 Å². The van der Waals surface area contributed by atoms with Crippen molar-refractivity contribution in [2.75, 3.05) is 13.7 Å². The predicted molar refractivity (Wildman–Crippen MR) is 78.2 cm³/mol. The molecule has 5 heteroatoms. The zero-order chi connectivity index (χ0) is 13.1. The van der Waals surface area contributed by atoms with Gasteiger partial charge in [-0.3, -0.25) is 0 Å². The van der Waals surface area contributed by atoms with Crippen LogP contribution in [0.3, 0.4) is 0 Å². The Labute approximate surface area is 120 Å². The lowest BCUT2D eigenvalue weighted by Crippen LogP contribution is -2.10. The van der Waals surface area contributed by atoms with Gasteiger partial charge in [0, 0.05) is 24.2 Å². The molecule has 0 saturated heterocycles. The van der Waals surface area contributed by atoms with Crippen molar-refractivity contribution >= 4 is 38.6 Å². The number of fused-ring (bicyclic) bond motifs is 1. The van der Waals surface area contributed by atoms with E-state index in [0.717, 1.165) is 34.4 Å². The number of ether oxygens (including phenoxy) is 1. The van der Waals surface area contributed by atoms with Crippen LogP contribution < -0.4 is 0 Å². The Kier molecular flexibility index (Phi) is 4.65. The molecule has 0 amide bonds. The molecule has 0 N–H and O–H groups in total. The lowest BCUT2D eigenvalue weighted by molar-refractivity contribution is 0.181. The minimum atomic E-state index is 0.318. The molecule has 0 aliphatic rings. The first kappa shape index (κ1) is 13.8. The van der Waals surface area contributed by atoms with Crippen LogP contribution in [0.1, 0.15) is 25.2 Å². The minimum Gasteiger partial charge on any atom is -0.385 e. The van der Waals surface area contributed by atoms with Gasteiger partial charge in [0.2, 0.25) is 0 Å². The van der Waals surface area contributed by atoms with Crippen molar-refractivity contribution in [2.24, 2.45) is 0 Å². The second-order valence-electron chi connectivity index (χ2n) is 4.30. The van der Waals surface area contributed by atoms with Crippen LogP contribution in [0.2, 0.25) is 0 Å². The summed E-state index contributed by atoms with van der Waals surface area (Å²) in [5.74, 6) is 1.33. The second kappa shape index (κ2) is 6.04. The number of nitrogens with zero attached hydrogens (tertiary/aromatic N) is 2. The third-order valence-corrected chi connectivity index (χ3v) is 3.76. The molecule has 0 radical (unpaired) electrons. The number of hydrogen-bond donors (Lipinski definition) is 0. The highest BCUT2D eigenvalue weighted by molar-refractivity contribution is 9.10. The van der Waals surface area contributed by atoms with Gasteiger partial charge in [0.25, 0.3) is 0 Å². The van der Waals surface area contributed by atoms with Crippen LogP contribution in [0, 0.1) is 0 Å². The van der Waals surface area contributed by atoms with Crippen molar-refractivity contribution in [1.82, 2.24) is 9.55 Å². The third kappa shape index (κ3) is 2.71. The molecule has 3 nitrogen and oxygen atoms in total. The van der Waals surface area contributed by atoms with Crippen molar-refractivity contribution in [3.63, 3.8) is 0 Å². The molecule has 0 fully saturated rings. The fraction of sp³-hybridized carbons (Fsp3) is 0.462. The number of rotatable bonds is 5. The molecular weight excluding hydrogens is 316 g/mol. The number of halogens is 2. The van der Waals surface area contributed by atoms with Gasteiger partial charge in [0.15, 0.2) is 0 Å². The highest BCUT2D eigenvalue weighted by atomic mass is 79.9. The Bertz CT molecular complexity index is 541. The Morgan fingerprint density at radius 3 is 2.94 bits per heavy atom. The van der Waals surface area contributed by atoms with E-state index in [9.17, 15) is 0 Å². The van der Waals surface area contributed by atoms with Crippen LogP contribution >= 0.6 is 27.5 Å². The van der Waals surface area contributed by atoms with Crippen LogP contribution in [-0.2, 0) is 10.6 Å². The molecule has 1 aromatic heterocycles. The molecule has 0 saturated carbocycles. The topological polar surface area (TPSA) is 27.1 Å². The summed E-state index contributed by atoms with van der Waals surface area (Å²) in [7, 11) is 1.72. The van der Waals surface area contributed by atoms with Crippen LogP contribution in [0.25, 0.3) is 11.0 Å². The van der Waals surface area contributed by atoms with Crippen molar-refractivity contribution in [2.45, 2.75) is 25.3 Å². The predicted octanol–water partition coefficient (Wildman–Crippen LogP) is 4.14. The quantitative estimate of drug-likeness (QED) is 0.770. The summed E-state index contributed by atoms with van der Waals surface area (Å²) in [6, 6.07) is 6.41. The third-order valence-electron chi connectivity index (χ3n) is 3.02. The van der Waals surface area contributed by atoms with E-state index < -0.39 is 0 Å². The SMILES string of the molecule is COCCC(C)n1c(CCl)nc2ccc(Br)cc21. The molecule has 1 atom stereocenters. The van der Waals surface area contributed by atoms with E-state index >= 15 is 0 Å². The van der Waals surface area contributed by atoms with E-state index in [0.29, 0.717) is 11.9 Å². The highest BCUT2D eigenvalue weighted by Crippen LogP contribution is 2.26. The standard InChI is InChI=1S/C13H16BrClN2O/c1-9(5-6-18-2)17-12-7-10(14)3-4-11(12)16-13(17)8-15/h3-4,7,9H,5-6,8H2,1-2H3. The van der Waals surface area contributed by atoms with E-state index in [4.69, 9.17) is 16.3 Å². The fourth-order valence-corrected chi connectivity index (χ4v) is 2.66. The zero-order valence-corrected chi connectivity index (χ0v) is 12.8. The summed E-state index contributed by atoms with van der Waals surface area (Å²) in [5, 5.41) is 0. The summed E-state index contributed by atoms with van der Waals surface area (Å²) in [5.41, 5.74) is 2.10. The largest absolute Gasteiger partial charge is 0.385 e. The number of hydrogen-bond acceptors (Lipinski definition) is 2. The lowest BCUT2D eigenvalue weighted by atomic mass is 10.2. The summed E-state index contributed by atoms with van der Waals surface area (Å²) in [4.78, 5) is 4.57. The van der Waals surface area contributed by atoms with Crippen LogP contribution in [-0.4, -0.2) is 23.3 Å². The smallest absolute Gasteiger partial charge is 0.125 e. The molecule has 18 heavy (non-hydrogen) atoms. The molecule has 0 aliphatic carbocycles. The summed E-state index contributed by atoms with van der Waals surface area (Å²) in [6.45, 7) is 2.90. The van der Waals surface area contributed by atoms with Gasteiger partial charge in [-0.25, -0.2) is 4.98 Å². The molecule has 98 valence electrons. The molecule has 0 spiro atoms. The van der Waals surface area contributed by atoms with Crippen molar-refractivity contribution in [1.29, 1.82) is 0 Å². The number of aromatic nitrogens is 2. The van der Waals surface area contributed by atoms with E-state index in [-0.39, 0.29) is 0 Å². The molecule has 1 heterocycles. The van der Waals surface area contributed by atoms with Gasteiger partial charge in [-0.2, -0.15) is 0 Å². The van der Waals surface area contributed by atoms with E-state index in [1.54, 1.807) is 7.11 Å². The number of benzene rings is 1. The minimum absolute atomic E-state index is 0.318. The normalized spacial score (nSPS) is 13.1. The molecule has 2 rings (SSSR count). The maximum Gasteiger partial charge on any atom is 0.125 e. The number of imidazole rings is 1. The van der Waals surface area contributed by atoms with Gasteiger partial charge in [0.1, 0.15) is 5.82 Å². The average Bonchev–Trinajstić information content (AvgIpc) is 2.73. The molecular formula is C13H16BrClN2O. The zero-order valence-electron chi connectivity index (χ0n) is 10.5. The Morgan fingerprint density at radius 2 is 2.28 bits per heavy atom. The monoisotopic (exact) mass is 330 g/mol. The summed E-state index contributed by atoms with van der Waals surface area (Å²) >= 11 is 9.50. The Hall–Kier alpha value is -0.580. The van der Waals surface area contributed by atoms with Crippen LogP contribution in [0.15, 0.2) is 22.7 Å². The van der Waals surface area contributed by atoms with E-state index in [1.165, 1.54) is 0 Å². The van der Waals surface area contributed by atoms with Gasteiger partial charge in [-0.1, -0.05) is 15.9 Å². The van der Waals surface area contributed by atoms with E-state index in [2.05, 4.69) is 38.5 Å². The first-order chi connectivity index (χ1) is 8.67.